The van der Waals surface area contributed by atoms with Gasteiger partial charge in [0.05, 0.1) is 0 Å². The zero-order valence-electron chi connectivity index (χ0n) is 7.09. The lowest BCUT2D eigenvalue weighted by Crippen LogP contribution is -2.01. The molecule has 13 heavy (non-hydrogen) atoms. The third-order valence-corrected chi connectivity index (χ3v) is 3.26. The molecule has 0 fully saturated rings. The first-order chi connectivity index (χ1) is 6.31. The van der Waals surface area contributed by atoms with Crippen molar-refractivity contribution in [3.8, 4) is 0 Å². The number of rotatable bonds is 2. The van der Waals surface area contributed by atoms with Crippen LogP contribution in [-0.4, -0.2) is 6.54 Å². The first-order valence-electron chi connectivity index (χ1n) is 4.17. The van der Waals surface area contributed by atoms with Crippen LogP contribution in [-0.2, 0) is 6.42 Å². The molecule has 0 unspecified atom stereocenters. The summed E-state index contributed by atoms with van der Waals surface area (Å²) in [6, 6.07) is 6.00. The van der Waals surface area contributed by atoms with Crippen LogP contribution in [0.25, 0.3) is 10.1 Å². The van der Waals surface area contributed by atoms with Crippen molar-refractivity contribution in [1.82, 2.24) is 0 Å². The summed E-state index contributed by atoms with van der Waals surface area (Å²) in [4.78, 5) is 0. The van der Waals surface area contributed by atoms with Gasteiger partial charge in [-0.05, 0) is 41.4 Å². The van der Waals surface area contributed by atoms with E-state index in [2.05, 4.69) is 11.4 Å². The summed E-state index contributed by atoms with van der Waals surface area (Å²) in [5.74, 6) is 0. The van der Waals surface area contributed by atoms with Crippen LogP contribution in [0.3, 0.4) is 0 Å². The highest BCUT2D eigenvalue weighted by atomic mass is 35.5. The van der Waals surface area contributed by atoms with Gasteiger partial charge in [0.2, 0.25) is 0 Å². The van der Waals surface area contributed by atoms with Gasteiger partial charge in [-0.25, -0.2) is 0 Å². The fourth-order valence-electron chi connectivity index (χ4n) is 1.41. The number of thiophene rings is 1. The first-order valence-corrected chi connectivity index (χ1v) is 5.42. The molecule has 3 heteroatoms. The smallest absolute Gasteiger partial charge is 0.0420 e. The van der Waals surface area contributed by atoms with Crippen molar-refractivity contribution in [2.45, 2.75) is 6.42 Å². The molecule has 2 N–H and O–H groups in total. The molecule has 68 valence electrons. The lowest BCUT2D eigenvalue weighted by molar-refractivity contribution is 0.981. The Morgan fingerprint density at radius 2 is 2.23 bits per heavy atom. The molecular weight excluding hydrogens is 202 g/mol. The summed E-state index contributed by atoms with van der Waals surface area (Å²) < 4.78 is 1.25. The molecule has 0 saturated carbocycles. The van der Waals surface area contributed by atoms with E-state index in [0.29, 0.717) is 6.54 Å². The van der Waals surface area contributed by atoms with Gasteiger partial charge in [0, 0.05) is 9.72 Å². The molecule has 2 aromatic rings. The highest BCUT2D eigenvalue weighted by molar-refractivity contribution is 7.17. The van der Waals surface area contributed by atoms with Crippen molar-refractivity contribution >= 4 is 33.0 Å². The topological polar surface area (TPSA) is 26.0 Å². The van der Waals surface area contributed by atoms with Crippen LogP contribution < -0.4 is 5.73 Å². The maximum absolute atomic E-state index is 5.89. The molecule has 0 saturated heterocycles. The summed E-state index contributed by atoms with van der Waals surface area (Å²) in [7, 11) is 0. The molecule has 0 aliphatic carbocycles. The second kappa shape index (κ2) is 3.66. The minimum Gasteiger partial charge on any atom is -0.330 e. The Kier molecular flexibility index (Phi) is 2.54. The van der Waals surface area contributed by atoms with Crippen LogP contribution in [0.2, 0.25) is 5.02 Å². The van der Waals surface area contributed by atoms with E-state index in [1.807, 2.05) is 12.1 Å². The molecular formula is C10H10ClNS. The van der Waals surface area contributed by atoms with Crippen LogP contribution >= 0.6 is 22.9 Å². The Morgan fingerprint density at radius 1 is 1.38 bits per heavy atom. The van der Waals surface area contributed by atoms with Gasteiger partial charge in [0.15, 0.2) is 0 Å². The van der Waals surface area contributed by atoms with Crippen LogP contribution in [0.1, 0.15) is 5.56 Å². The van der Waals surface area contributed by atoms with Crippen molar-refractivity contribution in [3.05, 3.63) is 34.2 Å². The maximum Gasteiger partial charge on any atom is 0.0420 e. The minimum atomic E-state index is 0.703. The summed E-state index contributed by atoms with van der Waals surface area (Å²) in [6.45, 7) is 0.703. The van der Waals surface area contributed by atoms with E-state index >= 15 is 0 Å². The molecule has 0 radical (unpaired) electrons. The molecule has 1 heterocycles. The second-order valence-electron chi connectivity index (χ2n) is 2.94. The van der Waals surface area contributed by atoms with Gasteiger partial charge in [0.25, 0.3) is 0 Å². The van der Waals surface area contributed by atoms with Gasteiger partial charge in [-0.1, -0.05) is 17.7 Å². The molecule has 2 rings (SSSR count). The van der Waals surface area contributed by atoms with Gasteiger partial charge in [0.1, 0.15) is 0 Å². The van der Waals surface area contributed by atoms with Gasteiger partial charge < -0.3 is 5.73 Å². The standard InChI is InChI=1S/C10H10ClNS/c11-8-1-2-9-7(3-4-12)6-13-10(9)5-8/h1-2,5-6H,3-4,12H2. The van der Waals surface area contributed by atoms with Crippen LogP contribution in [0, 0.1) is 0 Å². The highest BCUT2D eigenvalue weighted by Crippen LogP contribution is 2.28. The maximum atomic E-state index is 5.89. The van der Waals surface area contributed by atoms with Gasteiger partial charge in [-0.3, -0.25) is 0 Å². The Morgan fingerprint density at radius 3 is 3.00 bits per heavy atom. The number of benzene rings is 1. The van der Waals surface area contributed by atoms with Crippen molar-refractivity contribution in [2.75, 3.05) is 6.54 Å². The molecule has 0 spiro atoms. The monoisotopic (exact) mass is 211 g/mol. The van der Waals surface area contributed by atoms with Crippen molar-refractivity contribution in [1.29, 1.82) is 0 Å². The SMILES string of the molecule is NCCc1csc2cc(Cl)ccc12. The molecule has 0 aliphatic rings. The van der Waals surface area contributed by atoms with Crippen LogP contribution in [0.15, 0.2) is 23.6 Å². The van der Waals surface area contributed by atoms with E-state index in [4.69, 9.17) is 17.3 Å². The van der Waals surface area contributed by atoms with Crippen molar-refractivity contribution < 1.29 is 0 Å². The lowest BCUT2D eigenvalue weighted by Gasteiger charge is -1.95. The fourth-order valence-corrected chi connectivity index (χ4v) is 2.68. The zero-order valence-corrected chi connectivity index (χ0v) is 8.66. The third kappa shape index (κ3) is 1.70. The zero-order chi connectivity index (χ0) is 9.26. The predicted molar refractivity (Wildman–Crippen MR) is 59.6 cm³/mol. The number of hydrogen-bond acceptors (Lipinski definition) is 2. The van der Waals surface area contributed by atoms with Crippen molar-refractivity contribution in [2.24, 2.45) is 5.73 Å². The number of hydrogen-bond donors (Lipinski definition) is 1. The largest absolute Gasteiger partial charge is 0.330 e. The Labute approximate surface area is 86.1 Å². The van der Waals surface area contributed by atoms with Crippen LogP contribution in [0.4, 0.5) is 0 Å². The van der Waals surface area contributed by atoms with E-state index in [1.54, 1.807) is 11.3 Å². The molecule has 0 aliphatic heterocycles. The number of nitrogens with two attached hydrogens (primary N) is 1. The second-order valence-corrected chi connectivity index (χ2v) is 4.29. The molecule has 1 aromatic heterocycles. The Bertz CT molecular complexity index is 422. The van der Waals surface area contributed by atoms with Gasteiger partial charge in [-0.15, -0.1) is 11.3 Å². The average molecular weight is 212 g/mol. The summed E-state index contributed by atoms with van der Waals surface area (Å²) in [5, 5.41) is 4.25. The average Bonchev–Trinajstić information content (AvgIpc) is 2.49. The normalized spacial score (nSPS) is 10.9. The fraction of sp³-hybridized carbons (Fsp3) is 0.200. The Hall–Kier alpha value is -0.570. The quantitative estimate of drug-likeness (QED) is 0.812. The molecule has 1 nitrogen and oxygen atoms in total. The van der Waals surface area contributed by atoms with E-state index in [-0.39, 0.29) is 0 Å². The highest BCUT2D eigenvalue weighted by Gasteiger charge is 2.02. The van der Waals surface area contributed by atoms with E-state index < -0.39 is 0 Å². The number of halogens is 1. The molecule has 1 aromatic carbocycles. The predicted octanol–water partition coefficient (Wildman–Crippen LogP) is 3.06. The Balaban J connectivity index is 2.55. The lowest BCUT2D eigenvalue weighted by atomic mass is 10.1. The summed E-state index contributed by atoms with van der Waals surface area (Å²) in [6.07, 6.45) is 0.946. The van der Waals surface area contributed by atoms with Gasteiger partial charge >= 0.3 is 0 Å². The van der Waals surface area contributed by atoms with E-state index in [9.17, 15) is 0 Å². The summed E-state index contributed by atoms with van der Waals surface area (Å²) in [5.41, 5.74) is 6.85. The number of fused-ring (bicyclic) bond motifs is 1. The third-order valence-electron chi connectivity index (χ3n) is 2.03. The first kappa shape index (κ1) is 9.00. The molecule has 0 bridgehead atoms. The van der Waals surface area contributed by atoms with Crippen molar-refractivity contribution in [3.63, 3.8) is 0 Å². The van der Waals surface area contributed by atoms with E-state index in [1.165, 1.54) is 15.6 Å². The summed E-state index contributed by atoms with van der Waals surface area (Å²) >= 11 is 7.62. The van der Waals surface area contributed by atoms with E-state index in [0.717, 1.165) is 11.4 Å². The van der Waals surface area contributed by atoms with Crippen LogP contribution in [0.5, 0.6) is 0 Å². The molecule has 0 amide bonds. The van der Waals surface area contributed by atoms with Gasteiger partial charge in [-0.2, -0.15) is 0 Å². The molecule has 0 atom stereocenters. The minimum absolute atomic E-state index is 0.703.